The van der Waals surface area contributed by atoms with Crippen LogP contribution in [0.2, 0.25) is 0 Å². The third kappa shape index (κ3) is 5.30. The molecule has 0 fully saturated rings. The van der Waals surface area contributed by atoms with E-state index in [0.29, 0.717) is 6.42 Å². The Morgan fingerprint density at radius 1 is 1.38 bits per heavy atom. The number of carbonyl (C=O) groups is 3. The van der Waals surface area contributed by atoms with Gasteiger partial charge in [0.25, 0.3) is 0 Å². The van der Waals surface area contributed by atoms with Gasteiger partial charge < -0.3 is 21.9 Å². The second-order valence-electron chi connectivity index (χ2n) is 3.42. The van der Waals surface area contributed by atoms with Gasteiger partial charge in [0.1, 0.15) is 6.04 Å². The minimum atomic E-state index is -1.21. The van der Waals surface area contributed by atoms with Crippen molar-refractivity contribution in [2.24, 2.45) is 11.5 Å². The highest BCUT2D eigenvalue weighted by atomic mass is 16.4. The first-order valence-electron chi connectivity index (χ1n) is 4.95. The lowest BCUT2D eigenvalue weighted by Crippen LogP contribution is -2.48. The maximum absolute atomic E-state index is 11.3. The number of aliphatic carboxylic acids is 1. The van der Waals surface area contributed by atoms with E-state index in [-0.39, 0.29) is 12.8 Å². The quantitative estimate of drug-likeness (QED) is 0.425. The molecule has 0 heterocycles. The molecule has 0 aromatic rings. The van der Waals surface area contributed by atoms with Crippen LogP contribution in [0.25, 0.3) is 0 Å². The molecular weight excluding hydrogens is 214 g/mol. The van der Waals surface area contributed by atoms with E-state index in [1.807, 2.05) is 0 Å². The second-order valence-corrected chi connectivity index (χ2v) is 3.42. The van der Waals surface area contributed by atoms with Crippen molar-refractivity contribution in [3.63, 3.8) is 0 Å². The lowest BCUT2D eigenvalue weighted by Gasteiger charge is -2.16. The molecule has 0 aromatic carbocycles. The summed E-state index contributed by atoms with van der Waals surface area (Å²) in [6.45, 7) is 1.71. The van der Waals surface area contributed by atoms with E-state index in [9.17, 15) is 14.4 Å². The van der Waals surface area contributed by atoms with Crippen molar-refractivity contribution in [3.05, 3.63) is 0 Å². The van der Waals surface area contributed by atoms with Gasteiger partial charge in [0, 0.05) is 6.42 Å². The monoisotopic (exact) mass is 231 g/mol. The molecule has 0 saturated heterocycles. The Balaban J connectivity index is 4.28. The Bertz CT molecular complexity index is 280. The fourth-order valence-electron chi connectivity index (χ4n) is 1.01. The van der Waals surface area contributed by atoms with Crippen molar-refractivity contribution in [2.75, 3.05) is 0 Å². The molecule has 0 aromatic heterocycles. The van der Waals surface area contributed by atoms with Crippen molar-refractivity contribution in [1.82, 2.24) is 5.32 Å². The molecule has 0 spiro atoms. The number of nitrogens with one attached hydrogen (secondary N) is 1. The van der Waals surface area contributed by atoms with Gasteiger partial charge in [-0.15, -0.1) is 0 Å². The summed E-state index contributed by atoms with van der Waals surface area (Å²) < 4.78 is 0. The summed E-state index contributed by atoms with van der Waals surface area (Å²) in [6.07, 6.45) is 0.277. The first-order chi connectivity index (χ1) is 7.38. The molecule has 0 unspecified atom stereocenters. The zero-order valence-electron chi connectivity index (χ0n) is 9.10. The van der Waals surface area contributed by atoms with Gasteiger partial charge in [-0.05, 0) is 12.8 Å². The number of carboxylic acids is 1. The first-order valence-corrected chi connectivity index (χ1v) is 4.95. The molecule has 0 aliphatic heterocycles. The maximum Gasteiger partial charge on any atom is 0.326 e. The summed E-state index contributed by atoms with van der Waals surface area (Å²) in [5.41, 5.74) is 10.3. The van der Waals surface area contributed by atoms with Crippen molar-refractivity contribution < 1.29 is 19.5 Å². The highest BCUT2D eigenvalue weighted by Crippen LogP contribution is 1.98. The number of carboxylic acid groups (broad SMARTS) is 1. The minimum Gasteiger partial charge on any atom is -0.480 e. The smallest absolute Gasteiger partial charge is 0.326 e. The van der Waals surface area contributed by atoms with Gasteiger partial charge in [0.2, 0.25) is 11.8 Å². The Morgan fingerprint density at radius 2 is 1.94 bits per heavy atom. The maximum atomic E-state index is 11.3. The van der Waals surface area contributed by atoms with E-state index in [4.69, 9.17) is 16.6 Å². The Kier molecular flexibility index (Phi) is 6.09. The number of hydrogen-bond donors (Lipinski definition) is 4. The van der Waals surface area contributed by atoms with Gasteiger partial charge in [-0.3, -0.25) is 9.59 Å². The minimum absolute atomic E-state index is 0.0349. The van der Waals surface area contributed by atoms with E-state index in [2.05, 4.69) is 5.32 Å². The van der Waals surface area contributed by atoms with Crippen LogP contribution in [-0.4, -0.2) is 35.0 Å². The van der Waals surface area contributed by atoms with Gasteiger partial charge in [-0.2, -0.15) is 0 Å². The summed E-state index contributed by atoms with van der Waals surface area (Å²) in [5, 5.41) is 11.0. The van der Waals surface area contributed by atoms with Crippen LogP contribution >= 0.6 is 0 Å². The number of nitrogens with two attached hydrogens (primary N) is 2. The second kappa shape index (κ2) is 6.78. The lowest BCUT2D eigenvalue weighted by atomic mass is 10.1. The number of rotatable bonds is 7. The molecule has 92 valence electrons. The molecule has 6 N–H and O–H groups in total. The third-order valence-corrected chi connectivity index (χ3v) is 2.07. The molecule has 16 heavy (non-hydrogen) atoms. The number of primary amides is 1. The van der Waals surface area contributed by atoms with Gasteiger partial charge in [-0.1, -0.05) is 6.92 Å². The van der Waals surface area contributed by atoms with Crippen molar-refractivity contribution in [2.45, 2.75) is 38.3 Å². The van der Waals surface area contributed by atoms with E-state index in [1.165, 1.54) is 0 Å². The largest absolute Gasteiger partial charge is 0.480 e. The molecule has 0 radical (unpaired) electrons. The van der Waals surface area contributed by atoms with Crippen LogP contribution in [0.5, 0.6) is 0 Å². The van der Waals surface area contributed by atoms with Crippen molar-refractivity contribution >= 4 is 17.8 Å². The average molecular weight is 231 g/mol. The number of amides is 2. The van der Waals surface area contributed by atoms with E-state index in [0.717, 1.165) is 0 Å². The standard InChI is InChI=1S/C9H17N3O4/c1-2-5(10)8(14)12-6(9(15)16)3-4-7(11)13/h5-6H,2-4,10H2,1H3,(H2,11,13)(H,12,14)(H,15,16)/t5-,6+/m1/s1. The molecular formula is C9H17N3O4. The number of hydrogen-bond acceptors (Lipinski definition) is 4. The van der Waals surface area contributed by atoms with Gasteiger partial charge in [-0.25, -0.2) is 4.79 Å². The predicted molar refractivity (Wildman–Crippen MR) is 56.3 cm³/mol. The average Bonchev–Trinajstić information content (AvgIpc) is 2.21. The SMILES string of the molecule is CC[C@@H](N)C(=O)N[C@@H](CCC(N)=O)C(=O)O. The fourth-order valence-corrected chi connectivity index (χ4v) is 1.01. The van der Waals surface area contributed by atoms with Gasteiger partial charge >= 0.3 is 5.97 Å². The third-order valence-electron chi connectivity index (χ3n) is 2.07. The molecule has 0 aliphatic carbocycles. The van der Waals surface area contributed by atoms with Gasteiger partial charge in [0.15, 0.2) is 0 Å². The summed E-state index contributed by atoms with van der Waals surface area (Å²) in [6, 6.07) is -1.87. The van der Waals surface area contributed by atoms with Gasteiger partial charge in [0.05, 0.1) is 6.04 Å². The van der Waals surface area contributed by atoms with Crippen LogP contribution in [0.15, 0.2) is 0 Å². The zero-order valence-corrected chi connectivity index (χ0v) is 9.10. The van der Waals surface area contributed by atoms with Crippen LogP contribution in [0.4, 0.5) is 0 Å². The molecule has 7 heteroatoms. The molecule has 0 saturated carbocycles. The fraction of sp³-hybridized carbons (Fsp3) is 0.667. The molecule has 0 aliphatic rings. The van der Waals surface area contributed by atoms with E-state index >= 15 is 0 Å². The first kappa shape index (κ1) is 14.4. The van der Waals surface area contributed by atoms with E-state index in [1.54, 1.807) is 6.92 Å². The molecule has 2 amide bonds. The number of carbonyl (C=O) groups excluding carboxylic acids is 2. The highest BCUT2D eigenvalue weighted by molar-refractivity contribution is 5.87. The Labute approximate surface area is 93.2 Å². The molecule has 0 bridgehead atoms. The van der Waals surface area contributed by atoms with Crippen LogP contribution < -0.4 is 16.8 Å². The highest BCUT2D eigenvalue weighted by Gasteiger charge is 2.22. The van der Waals surface area contributed by atoms with Crippen LogP contribution in [0.3, 0.4) is 0 Å². The van der Waals surface area contributed by atoms with Crippen molar-refractivity contribution in [3.8, 4) is 0 Å². The molecule has 2 atom stereocenters. The molecule has 0 rings (SSSR count). The van der Waals surface area contributed by atoms with Crippen LogP contribution in [-0.2, 0) is 14.4 Å². The predicted octanol–water partition coefficient (Wildman–Crippen LogP) is -1.44. The summed E-state index contributed by atoms with van der Waals surface area (Å²) in [4.78, 5) is 32.6. The Morgan fingerprint density at radius 3 is 2.31 bits per heavy atom. The Hall–Kier alpha value is -1.63. The summed E-state index contributed by atoms with van der Waals surface area (Å²) in [7, 11) is 0. The van der Waals surface area contributed by atoms with Crippen LogP contribution in [0.1, 0.15) is 26.2 Å². The lowest BCUT2D eigenvalue weighted by molar-refractivity contribution is -0.142. The normalized spacial score (nSPS) is 13.9. The van der Waals surface area contributed by atoms with Crippen molar-refractivity contribution in [1.29, 1.82) is 0 Å². The summed E-state index contributed by atoms with van der Waals surface area (Å²) in [5.74, 6) is -2.36. The topological polar surface area (TPSA) is 136 Å². The summed E-state index contributed by atoms with van der Waals surface area (Å²) >= 11 is 0. The zero-order chi connectivity index (χ0) is 12.7. The molecule has 7 nitrogen and oxygen atoms in total. The van der Waals surface area contributed by atoms with E-state index < -0.39 is 29.9 Å². The van der Waals surface area contributed by atoms with Crippen LogP contribution in [0, 0.1) is 0 Å².